The maximum atomic E-state index is 12.7. The van der Waals surface area contributed by atoms with Gasteiger partial charge < -0.3 is 9.64 Å². The Bertz CT molecular complexity index is 703. The molecule has 1 atom stereocenters. The van der Waals surface area contributed by atoms with Gasteiger partial charge in [-0.2, -0.15) is 4.37 Å². The highest BCUT2D eigenvalue weighted by Gasteiger charge is 2.31. The van der Waals surface area contributed by atoms with Gasteiger partial charge in [-0.25, -0.2) is 9.78 Å². The normalized spacial score (nSPS) is 17.2. The molecule has 1 aromatic carbocycles. The van der Waals surface area contributed by atoms with E-state index in [2.05, 4.69) is 33.7 Å². The molecule has 0 spiro atoms. The fraction of sp³-hybridized carbons (Fsp3) is 0.471. The second-order valence-electron chi connectivity index (χ2n) is 5.90. The Morgan fingerprint density at radius 2 is 2.29 bits per heavy atom. The summed E-state index contributed by atoms with van der Waals surface area (Å²) in [6, 6.07) is 8.29. The number of urea groups is 1. The molecule has 1 N–H and O–H groups in total. The Morgan fingerprint density at radius 1 is 1.46 bits per heavy atom. The van der Waals surface area contributed by atoms with Gasteiger partial charge in [-0.1, -0.05) is 24.3 Å². The smallest absolute Gasteiger partial charge is 0.324 e. The van der Waals surface area contributed by atoms with Gasteiger partial charge in [-0.05, 0) is 30.9 Å². The summed E-state index contributed by atoms with van der Waals surface area (Å²) in [6.07, 6.45) is 2.66. The van der Waals surface area contributed by atoms with Gasteiger partial charge in [0.1, 0.15) is 5.82 Å². The number of methoxy groups -OCH3 is 1. The standard InChI is InChI=1S/C17H22N4O2S/c1-12-6-3-4-7-13(12)14-8-5-10-21(14)17(22)19-16-18-15(20-24-16)9-11-23-2/h3-4,6-7,14H,5,8-11H2,1-2H3,(H,18,19,20,22)/t14-/m0/s1. The van der Waals surface area contributed by atoms with Gasteiger partial charge in [-0.15, -0.1) is 0 Å². The number of hydrogen-bond acceptors (Lipinski definition) is 5. The molecule has 1 aromatic heterocycles. The Morgan fingerprint density at radius 3 is 3.08 bits per heavy atom. The van der Waals surface area contributed by atoms with Crippen LogP contribution in [-0.4, -0.2) is 40.5 Å². The van der Waals surface area contributed by atoms with Crippen LogP contribution in [0.5, 0.6) is 0 Å². The summed E-state index contributed by atoms with van der Waals surface area (Å²) < 4.78 is 9.26. The van der Waals surface area contributed by atoms with Crippen LogP contribution >= 0.6 is 11.5 Å². The van der Waals surface area contributed by atoms with Crippen molar-refractivity contribution in [3.63, 3.8) is 0 Å². The van der Waals surface area contributed by atoms with Gasteiger partial charge in [0.05, 0.1) is 12.6 Å². The summed E-state index contributed by atoms with van der Waals surface area (Å²) in [5.74, 6) is 0.703. The molecule has 0 aliphatic carbocycles. The van der Waals surface area contributed by atoms with Crippen molar-refractivity contribution in [3.05, 3.63) is 41.2 Å². The summed E-state index contributed by atoms with van der Waals surface area (Å²) in [5, 5.41) is 3.43. The average molecular weight is 346 g/mol. The Labute approximate surface area is 146 Å². The number of ether oxygens (including phenoxy) is 1. The number of aromatic nitrogens is 2. The van der Waals surface area contributed by atoms with Crippen LogP contribution in [0.4, 0.5) is 9.93 Å². The number of nitrogens with zero attached hydrogens (tertiary/aromatic N) is 3. The van der Waals surface area contributed by atoms with Crippen LogP contribution < -0.4 is 5.32 Å². The van der Waals surface area contributed by atoms with Gasteiger partial charge >= 0.3 is 6.03 Å². The zero-order chi connectivity index (χ0) is 16.9. The molecule has 0 radical (unpaired) electrons. The lowest BCUT2D eigenvalue weighted by Crippen LogP contribution is -2.34. The molecule has 1 saturated heterocycles. The lowest BCUT2D eigenvalue weighted by molar-refractivity contribution is 0.201. The molecule has 1 aliphatic heterocycles. The van der Waals surface area contributed by atoms with Crippen molar-refractivity contribution in [3.8, 4) is 0 Å². The molecule has 0 bridgehead atoms. The number of benzene rings is 1. The molecule has 2 aromatic rings. The van der Waals surface area contributed by atoms with E-state index in [1.807, 2.05) is 17.0 Å². The molecule has 128 valence electrons. The zero-order valence-electron chi connectivity index (χ0n) is 14.0. The van der Waals surface area contributed by atoms with Crippen molar-refractivity contribution in [2.75, 3.05) is 25.6 Å². The lowest BCUT2D eigenvalue weighted by Gasteiger charge is -2.26. The van der Waals surface area contributed by atoms with E-state index in [1.54, 1.807) is 7.11 Å². The third-order valence-corrected chi connectivity index (χ3v) is 4.94. The third-order valence-electron chi connectivity index (χ3n) is 4.27. The number of aryl methyl sites for hydroxylation is 1. The topological polar surface area (TPSA) is 67.3 Å². The van der Waals surface area contributed by atoms with Crippen molar-refractivity contribution >= 4 is 22.7 Å². The van der Waals surface area contributed by atoms with Crippen LogP contribution in [0.15, 0.2) is 24.3 Å². The predicted molar refractivity (Wildman–Crippen MR) is 94.4 cm³/mol. The minimum absolute atomic E-state index is 0.102. The van der Waals surface area contributed by atoms with Crippen molar-refractivity contribution in [1.29, 1.82) is 0 Å². The number of carbonyl (C=O) groups is 1. The van der Waals surface area contributed by atoms with Gasteiger partial charge in [0.25, 0.3) is 0 Å². The number of carbonyl (C=O) groups excluding carboxylic acids is 1. The van der Waals surface area contributed by atoms with Crippen LogP contribution in [0, 0.1) is 6.92 Å². The quantitative estimate of drug-likeness (QED) is 0.901. The molecule has 7 heteroatoms. The van der Waals surface area contributed by atoms with Crippen LogP contribution in [-0.2, 0) is 11.2 Å². The van der Waals surface area contributed by atoms with Crippen LogP contribution in [0.25, 0.3) is 0 Å². The van der Waals surface area contributed by atoms with E-state index < -0.39 is 0 Å². The molecule has 1 fully saturated rings. The fourth-order valence-corrected chi connectivity index (χ4v) is 3.66. The molecule has 2 amide bonds. The lowest BCUT2D eigenvalue weighted by atomic mass is 9.99. The predicted octanol–water partition coefficient (Wildman–Crippen LogP) is 3.40. The van der Waals surface area contributed by atoms with Crippen molar-refractivity contribution in [2.45, 2.75) is 32.2 Å². The van der Waals surface area contributed by atoms with Gasteiger partial charge in [0, 0.05) is 31.6 Å². The average Bonchev–Trinajstić information content (AvgIpc) is 3.22. The second kappa shape index (κ2) is 7.72. The van der Waals surface area contributed by atoms with E-state index in [9.17, 15) is 4.79 Å². The molecule has 0 saturated carbocycles. The highest BCUT2D eigenvalue weighted by Crippen LogP contribution is 2.34. The second-order valence-corrected chi connectivity index (χ2v) is 6.65. The van der Waals surface area contributed by atoms with Gasteiger partial charge in [0.2, 0.25) is 5.13 Å². The van der Waals surface area contributed by atoms with Crippen molar-refractivity contribution < 1.29 is 9.53 Å². The zero-order valence-corrected chi connectivity index (χ0v) is 14.8. The maximum Gasteiger partial charge on any atom is 0.324 e. The maximum absolute atomic E-state index is 12.7. The summed E-state index contributed by atoms with van der Waals surface area (Å²) in [5.41, 5.74) is 2.45. The molecule has 24 heavy (non-hydrogen) atoms. The molecular weight excluding hydrogens is 324 g/mol. The van der Waals surface area contributed by atoms with Crippen molar-refractivity contribution in [2.24, 2.45) is 0 Å². The number of rotatable bonds is 5. The SMILES string of the molecule is COCCc1nsc(NC(=O)N2CCC[C@H]2c2ccccc2C)n1. The van der Waals surface area contributed by atoms with E-state index >= 15 is 0 Å². The van der Waals surface area contributed by atoms with Crippen molar-refractivity contribution in [1.82, 2.24) is 14.3 Å². The summed E-state index contributed by atoms with van der Waals surface area (Å²) in [7, 11) is 1.65. The first-order valence-corrected chi connectivity index (χ1v) is 8.91. The molecule has 6 nitrogen and oxygen atoms in total. The minimum Gasteiger partial charge on any atom is -0.384 e. The third kappa shape index (κ3) is 3.73. The highest BCUT2D eigenvalue weighted by atomic mass is 32.1. The Kier molecular flexibility index (Phi) is 5.42. The monoisotopic (exact) mass is 346 g/mol. The first-order valence-electron chi connectivity index (χ1n) is 8.13. The summed E-state index contributed by atoms with van der Waals surface area (Å²) in [6.45, 7) is 3.43. The number of nitrogens with one attached hydrogen (secondary N) is 1. The van der Waals surface area contributed by atoms with E-state index in [0.29, 0.717) is 24.0 Å². The molecule has 1 aliphatic rings. The first kappa shape index (κ1) is 16.9. The molecule has 2 heterocycles. The number of amides is 2. The molecule has 3 rings (SSSR count). The number of hydrogen-bond donors (Lipinski definition) is 1. The largest absolute Gasteiger partial charge is 0.384 e. The van der Waals surface area contributed by atoms with E-state index in [4.69, 9.17) is 4.74 Å². The fourth-order valence-electron chi connectivity index (χ4n) is 3.06. The van der Waals surface area contributed by atoms with E-state index in [0.717, 1.165) is 19.4 Å². The minimum atomic E-state index is -0.102. The highest BCUT2D eigenvalue weighted by molar-refractivity contribution is 7.09. The summed E-state index contributed by atoms with van der Waals surface area (Å²) >= 11 is 1.21. The first-order chi connectivity index (χ1) is 11.7. The number of anilines is 1. The Balaban J connectivity index is 1.68. The Hall–Kier alpha value is -1.99. The molecular formula is C17H22N4O2S. The molecule has 0 unspecified atom stereocenters. The van der Waals surface area contributed by atoms with Gasteiger partial charge in [0.15, 0.2) is 0 Å². The van der Waals surface area contributed by atoms with Gasteiger partial charge in [-0.3, -0.25) is 5.32 Å². The van der Waals surface area contributed by atoms with Crippen LogP contribution in [0.1, 0.15) is 35.8 Å². The summed E-state index contributed by atoms with van der Waals surface area (Å²) in [4.78, 5) is 18.9. The number of likely N-dealkylation sites (tertiary alicyclic amines) is 1. The van der Waals surface area contributed by atoms with Crippen LogP contribution in [0.2, 0.25) is 0 Å². The van der Waals surface area contributed by atoms with E-state index in [-0.39, 0.29) is 12.1 Å². The van der Waals surface area contributed by atoms with Crippen LogP contribution in [0.3, 0.4) is 0 Å². The van der Waals surface area contributed by atoms with E-state index in [1.165, 1.54) is 22.7 Å².